The van der Waals surface area contributed by atoms with Crippen molar-refractivity contribution in [2.75, 3.05) is 26.2 Å². The minimum absolute atomic E-state index is 0.0343. The van der Waals surface area contributed by atoms with Gasteiger partial charge in [-0.15, -0.1) is 0 Å². The molecule has 2 fully saturated rings. The first-order valence-corrected chi connectivity index (χ1v) is 33.8. The van der Waals surface area contributed by atoms with E-state index >= 15 is 14.4 Å². The fourth-order valence-corrected chi connectivity index (χ4v) is 10.4. The molecule has 0 radical (unpaired) electrons. The molecule has 0 saturated carbocycles. The molecule has 2 aliphatic heterocycles. The average Bonchev–Trinajstić information content (AvgIpc) is 0.815. The summed E-state index contributed by atoms with van der Waals surface area (Å²) in [5, 5.41) is 75.6. The number of nitrogens with zero attached hydrogens (tertiary/aromatic N) is 2. The van der Waals surface area contributed by atoms with Gasteiger partial charge >= 0.3 is 24.2 Å². The number of carboxylic acids is 1. The van der Waals surface area contributed by atoms with E-state index in [-0.39, 0.29) is 69.1 Å². The minimum atomic E-state index is -5.08. The summed E-state index contributed by atoms with van der Waals surface area (Å²) in [6.07, 6.45) is -13.2. The van der Waals surface area contributed by atoms with Crippen LogP contribution in [0.4, 0.5) is 18.0 Å². The van der Waals surface area contributed by atoms with E-state index in [0.717, 1.165) is 6.92 Å². The van der Waals surface area contributed by atoms with E-state index in [1.54, 1.807) is 62.3 Å². The summed E-state index contributed by atoms with van der Waals surface area (Å²) in [5.74, 6) is -20.3. The predicted molar refractivity (Wildman–Crippen MR) is 363 cm³/mol. The lowest BCUT2D eigenvalue weighted by Gasteiger charge is -2.37. The smallest absolute Gasteiger partial charge is 0.475 e. The first kappa shape index (κ1) is 90.6. The molecule has 2 unspecified atom stereocenters. The average molecular weight is 1490 g/mol. The van der Waals surface area contributed by atoms with Crippen molar-refractivity contribution in [3.63, 3.8) is 0 Å². The van der Waals surface area contributed by atoms with Crippen molar-refractivity contribution in [3.8, 4) is 0 Å². The van der Waals surface area contributed by atoms with Gasteiger partial charge in [-0.2, -0.15) is 13.2 Å². The maximum atomic E-state index is 15.6. The zero-order valence-electron chi connectivity index (χ0n) is 60.3. The molecule has 2 aliphatic rings. The number of esters is 1. The van der Waals surface area contributed by atoms with Crippen LogP contribution in [0.2, 0.25) is 0 Å². The number of amides is 12. The number of cyclic esters (lactones) is 1. The number of rotatable bonds is 21. The summed E-state index contributed by atoms with van der Waals surface area (Å²) < 4.78 is 43.3. The molecule has 0 aromatic heterocycles. The summed E-state index contributed by atoms with van der Waals surface area (Å²) in [5.41, 5.74) is 15.4. The van der Waals surface area contributed by atoms with Crippen molar-refractivity contribution >= 4 is 89.0 Å². The number of carboxylic acid groups (broad SMARTS) is 1. The summed E-state index contributed by atoms with van der Waals surface area (Å²) in [7, 11) is 0. The second kappa shape index (κ2) is 42.3. The van der Waals surface area contributed by atoms with Gasteiger partial charge in [-0.1, -0.05) is 92.1 Å². The molecule has 586 valence electrons. The number of primary amides is 1. The number of aliphatic imine (C=N–C) groups is 1. The van der Waals surface area contributed by atoms with Gasteiger partial charge in [0.1, 0.15) is 60.0 Å². The lowest BCUT2D eigenvalue weighted by molar-refractivity contribution is -0.192. The fraction of sp³-hybridized carbons (Fsp3) is 0.677. The van der Waals surface area contributed by atoms with Gasteiger partial charge in [-0.3, -0.25) is 62.6 Å². The van der Waals surface area contributed by atoms with Crippen LogP contribution in [0.25, 0.3) is 0 Å². The number of carbonyl (C=O) groups is 14. The molecule has 21 N–H and O–H groups in total. The topological polar surface area (TPSA) is 573 Å². The summed E-state index contributed by atoms with van der Waals surface area (Å²) in [4.78, 5) is 200. The third-order valence-electron chi connectivity index (χ3n) is 16.1. The van der Waals surface area contributed by atoms with Crippen LogP contribution in [-0.2, 0) is 71.8 Å². The number of aliphatic carboxylic acids is 1. The number of benzene rings is 1. The van der Waals surface area contributed by atoms with Crippen LogP contribution in [0.15, 0.2) is 35.3 Å². The van der Waals surface area contributed by atoms with Gasteiger partial charge in [-0.25, -0.2) is 14.4 Å². The zero-order chi connectivity index (χ0) is 79.4. The zero-order valence-corrected chi connectivity index (χ0v) is 60.3. The molecule has 0 bridgehead atoms. The van der Waals surface area contributed by atoms with Crippen LogP contribution >= 0.6 is 0 Å². The highest BCUT2D eigenvalue weighted by Gasteiger charge is 2.45. The van der Waals surface area contributed by atoms with Crippen molar-refractivity contribution in [2.24, 2.45) is 45.9 Å². The number of guanidine groups is 1. The van der Waals surface area contributed by atoms with E-state index in [0.29, 0.717) is 12.8 Å². The van der Waals surface area contributed by atoms with Crippen LogP contribution in [0.3, 0.4) is 0 Å². The van der Waals surface area contributed by atoms with E-state index in [9.17, 15) is 81.5 Å². The molecule has 39 heteroatoms. The highest BCUT2D eigenvalue weighted by atomic mass is 19.4. The van der Waals surface area contributed by atoms with E-state index in [4.69, 9.17) is 36.6 Å². The molecule has 0 aliphatic carbocycles. The number of likely N-dealkylation sites (tertiary alicyclic amines) is 1. The maximum Gasteiger partial charge on any atom is 0.490 e. The summed E-state index contributed by atoms with van der Waals surface area (Å²) in [6, 6.07) is -11.1. The maximum absolute atomic E-state index is 15.6. The lowest BCUT2D eigenvalue weighted by atomic mass is 9.95. The molecular formula is C65H104F3N15O21. The Balaban J connectivity index is 0.00000497. The molecule has 2 heterocycles. The van der Waals surface area contributed by atoms with E-state index in [1.165, 1.54) is 49.1 Å². The number of hydrogen-bond acceptors (Lipinski definition) is 21. The minimum Gasteiger partial charge on any atom is -0.475 e. The Labute approximate surface area is 599 Å². The van der Waals surface area contributed by atoms with Crippen LogP contribution < -0.4 is 70.4 Å². The standard InChI is InChI=1S/C63H103N15O19.C2HF3O2/c1-13-33(8)42-56(90)75-43(34(9)80)55(89)68-28-41(81)73-45(48(83)50(64)84)58(92)72-39(29-79)60(94)96-49(35-20-15-14-16-21-35)46(77-53(87)38(27-31(4)5)70-54(88)40-23-17-18-25-78(40)62(95)97-63(10,11)12)59(93)76-44(47(82)32(6)7)57(91)71-37(26-30(2)3)52(86)69-36(51(85)74-42)22-19-24-67-61(65)66;3-2(4,5)1(6)7/h14-16,20-21,30-34,36-40,42-49,79-80,82-83H,13,17-19,22-29H2,1-12H3,(H2,64,84)(H,68,89)(H,69,86)(H,70,88)(H,71,91)(H,72,92)(H,73,81)(H,74,85)(H,75,90)(H,76,93)(H,77,87)(H4,65,66,67);(H,6,7)/t33-,34-,36+,37-,38-,39-,40-,42?,43?,44-,45-,46-,47+,48-,49+;/m0./s1. The Morgan fingerprint density at radius 2 is 1.26 bits per heavy atom. The summed E-state index contributed by atoms with van der Waals surface area (Å²) >= 11 is 0. The van der Waals surface area contributed by atoms with Gasteiger partial charge in [0, 0.05) is 13.1 Å². The van der Waals surface area contributed by atoms with Crippen LogP contribution in [0.1, 0.15) is 146 Å². The molecule has 15 atom stereocenters. The SMILES string of the molecule is CC[C@H](C)C1NC(=O)[C@@H](CCCN=C(N)N)NC(=O)[C@H](CC(C)C)NC(=O)[C@H]([C@H](O)C(C)C)NC(=O)[C@@H](NC(=O)[C@H](CC(C)C)NC(=O)[C@@H]2CCCCN2C(=O)OC(C)(C)C)[C@@H](c2ccccc2)OC(=O)[C@H](CO)NC(=O)[C@H]([C@H](O)C(N)=O)NC(=O)CNC(=O)C([C@H](C)O)NC1=O.O=C(O)C(F)(F)F. The van der Waals surface area contributed by atoms with Gasteiger partial charge in [0.2, 0.25) is 65.0 Å². The molecule has 2 saturated heterocycles. The second-order valence-electron chi connectivity index (χ2n) is 27.3. The molecule has 12 amide bonds. The van der Waals surface area contributed by atoms with Gasteiger partial charge in [0.25, 0.3) is 0 Å². The number of halogens is 3. The van der Waals surface area contributed by atoms with Crippen LogP contribution in [-0.4, -0.2) is 236 Å². The number of carbonyl (C=O) groups excluding carboxylic acids is 13. The van der Waals surface area contributed by atoms with E-state index < -0.39 is 211 Å². The number of aliphatic hydroxyl groups is 4. The number of piperidine rings is 1. The summed E-state index contributed by atoms with van der Waals surface area (Å²) in [6.45, 7) is 16.7. The van der Waals surface area contributed by atoms with Crippen molar-refractivity contribution in [1.82, 2.24) is 58.1 Å². The number of nitrogens with two attached hydrogens (primary N) is 3. The van der Waals surface area contributed by atoms with Gasteiger partial charge < -0.3 is 105 Å². The first-order chi connectivity index (χ1) is 48.3. The molecule has 104 heavy (non-hydrogen) atoms. The van der Waals surface area contributed by atoms with Crippen molar-refractivity contribution in [1.29, 1.82) is 0 Å². The molecule has 0 spiro atoms. The van der Waals surface area contributed by atoms with Crippen molar-refractivity contribution < 1.29 is 115 Å². The van der Waals surface area contributed by atoms with E-state index in [2.05, 4.69) is 47.5 Å². The third kappa shape index (κ3) is 30.1. The van der Waals surface area contributed by atoms with Gasteiger partial charge in [0.05, 0.1) is 25.4 Å². The Kier molecular flexibility index (Phi) is 36.9. The fourth-order valence-electron chi connectivity index (χ4n) is 10.4. The highest BCUT2D eigenvalue weighted by Crippen LogP contribution is 2.26. The third-order valence-corrected chi connectivity index (χ3v) is 16.1. The molecule has 3 rings (SSSR count). The first-order valence-electron chi connectivity index (χ1n) is 33.8. The quantitative estimate of drug-likeness (QED) is 0.0247. The van der Waals surface area contributed by atoms with Crippen molar-refractivity contribution in [2.45, 2.75) is 231 Å². The molecule has 1 aromatic carbocycles. The Bertz CT molecular complexity index is 3150. The van der Waals surface area contributed by atoms with Crippen molar-refractivity contribution in [3.05, 3.63) is 35.9 Å². The number of nitrogens with one attached hydrogen (secondary N) is 10. The number of alkyl halides is 3. The second-order valence-corrected chi connectivity index (χ2v) is 27.3. The molecule has 1 aromatic rings. The van der Waals surface area contributed by atoms with Gasteiger partial charge in [-0.05, 0) is 102 Å². The highest BCUT2D eigenvalue weighted by molar-refractivity contribution is 6.00. The Hall–Kier alpha value is -9.50. The predicted octanol–water partition coefficient (Wildman–Crippen LogP) is -3.39. The monoisotopic (exact) mass is 1490 g/mol. The largest absolute Gasteiger partial charge is 0.490 e. The Morgan fingerprint density at radius 1 is 0.712 bits per heavy atom. The van der Waals surface area contributed by atoms with Crippen LogP contribution in [0, 0.1) is 23.7 Å². The lowest BCUT2D eigenvalue weighted by Crippen LogP contribution is -2.64. The van der Waals surface area contributed by atoms with Gasteiger partial charge in [0.15, 0.2) is 24.2 Å². The molecular weight excluding hydrogens is 1380 g/mol. The number of hydrogen-bond donors (Lipinski definition) is 18. The van der Waals surface area contributed by atoms with Crippen LogP contribution in [0.5, 0.6) is 0 Å². The number of ether oxygens (including phenoxy) is 2. The normalized spacial score (nSPS) is 24.3. The Morgan fingerprint density at radius 3 is 1.78 bits per heavy atom. The number of aliphatic hydroxyl groups excluding tert-OH is 4. The van der Waals surface area contributed by atoms with E-state index in [1.807, 2.05) is 10.6 Å². The molecule has 36 nitrogen and oxygen atoms in total.